The van der Waals surface area contributed by atoms with Crippen LogP contribution in [0.2, 0.25) is 10.0 Å². The second kappa shape index (κ2) is 13.4. The number of sulfonamides is 1. The summed E-state index contributed by atoms with van der Waals surface area (Å²) >= 11 is 11.7. The van der Waals surface area contributed by atoms with Crippen LogP contribution in [-0.4, -0.2) is 53.9 Å². The van der Waals surface area contributed by atoms with Crippen molar-refractivity contribution in [3.63, 3.8) is 0 Å². The maximum Gasteiger partial charge on any atom is 0.490 e. The van der Waals surface area contributed by atoms with Gasteiger partial charge in [0.2, 0.25) is 5.95 Å². The van der Waals surface area contributed by atoms with Crippen molar-refractivity contribution in [1.29, 1.82) is 0 Å². The Labute approximate surface area is 227 Å². The minimum atomic E-state index is -5.08. The highest BCUT2D eigenvalue weighted by Crippen LogP contribution is 2.29. The van der Waals surface area contributed by atoms with Crippen LogP contribution in [0.3, 0.4) is 0 Å². The quantitative estimate of drug-likeness (QED) is 0.238. The lowest BCUT2D eigenvalue weighted by molar-refractivity contribution is -0.192. The van der Waals surface area contributed by atoms with Crippen LogP contribution in [0, 0.1) is 23.5 Å². The lowest BCUT2D eigenvalue weighted by Crippen LogP contribution is -2.21. The first-order valence-electron chi connectivity index (χ1n) is 10.1. The van der Waals surface area contributed by atoms with E-state index < -0.39 is 45.1 Å². The van der Waals surface area contributed by atoms with Crippen molar-refractivity contribution in [3.05, 3.63) is 75.5 Å². The van der Waals surface area contributed by atoms with Gasteiger partial charge in [-0.2, -0.15) is 13.2 Å². The van der Waals surface area contributed by atoms with Crippen molar-refractivity contribution in [3.8, 4) is 11.8 Å². The molecule has 0 saturated heterocycles. The Hall–Kier alpha value is -3.71. The van der Waals surface area contributed by atoms with E-state index in [0.29, 0.717) is 0 Å². The molecule has 208 valence electrons. The minimum Gasteiger partial charge on any atom is -0.475 e. The minimum absolute atomic E-state index is 0.104. The molecule has 0 spiro atoms. The molecule has 0 unspecified atom stereocenters. The lowest BCUT2D eigenvalue weighted by Gasteiger charge is -2.11. The molecule has 9 nitrogen and oxygen atoms in total. The number of aromatic nitrogens is 2. The molecule has 0 aliphatic rings. The van der Waals surface area contributed by atoms with E-state index in [1.165, 1.54) is 24.5 Å². The van der Waals surface area contributed by atoms with Gasteiger partial charge in [0, 0.05) is 24.0 Å². The third kappa shape index (κ3) is 9.21. The average molecular weight is 613 g/mol. The standard InChI is InChI=1S/C20H14Cl2F2N4O3S.C2HF3O2/c21-13-2-4-15(22)18(9-13)32(30,31)28-17-6-5-16(23)14(19(17)24)3-1-12-10-26-20(27-11-12)25-7-8-29;3-2(4,5)1(6)7/h2,4-6,9-11,28-29H,7-8H2,(H,25,26,27);(H,6,7). The number of aliphatic hydroxyl groups excluding tert-OH is 1. The molecule has 0 radical (unpaired) electrons. The number of aliphatic hydroxyl groups is 1. The summed E-state index contributed by atoms with van der Waals surface area (Å²) < 4.78 is 88.1. The molecule has 0 aliphatic carbocycles. The molecule has 39 heavy (non-hydrogen) atoms. The number of benzene rings is 2. The molecule has 0 amide bonds. The van der Waals surface area contributed by atoms with Gasteiger partial charge in [-0.15, -0.1) is 0 Å². The van der Waals surface area contributed by atoms with Gasteiger partial charge in [-0.3, -0.25) is 4.72 Å². The number of nitrogens with zero attached hydrogens (tertiary/aromatic N) is 2. The van der Waals surface area contributed by atoms with E-state index in [4.69, 9.17) is 38.2 Å². The first-order valence-corrected chi connectivity index (χ1v) is 12.3. The summed E-state index contributed by atoms with van der Waals surface area (Å²) in [6.07, 6.45) is -2.44. The molecule has 17 heteroatoms. The highest BCUT2D eigenvalue weighted by molar-refractivity contribution is 7.92. The van der Waals surface area contributed by atoms with Gasteiger partial charge in [0.05, 0.1) is 28.4 Å². The summed E-state index contributed by atoms with van der Waals surface area (Å²) in [4.78, 5) is 16.4. The molecule has 0 atom stereocenters. The van der Waals surface area contributed by atoms with Crippen molar-refractivity contribution < 1.29 is 45.4 Å². The Bertz CT molecular complexity index is 1510. The van der Waals surface area contributed by atoms with Crippen molar-refractivity contribution in [2.45, 2.75) is 11.1 Å². The maximum atomic E-state index is 14.9. The second-order valence-corrected chi connectivity index (χ2v) is 9.46. The van der Waals surface area contributed by atoms with Crippen LogP contribution in [-0.2, 0) is 14.8 Å². The molecule has 3 aromatic rings. The number of rotatable bonds is 6. The zero-order valence-corrected chi connectivity index (χ0v) is 21.4. The average Bonchev–Trinajstić information content (AvgIpc) is 2.86. The van der Waals surface area contributed by atoms with Crippen LogP contribution in [0.25, 0.3) is 0 Å². The molecule has 0 aliphatic heterocycles. The Morgan fingerprint density at radius 2 is 1.67 bits per heavy atom. The molecular formula is C22H15Cl2F5N4O5S. The second-order valence-electron chi connectivity index (χ2n) is 6.96. The van der Waals surface area contributed by atoms with E-state index in [1.54, 1.807) is 0 Å². The first-order chi connectivity index (χ1) is 18.2. The van der Waals surface area contributed by atoms with Crippen molar-refractivity contribution >= 4 is 50.8 Å². The topological polar surface area (TPSA) is 142 Å². The third-order valence-electron chi connectivity index (χ3n) is 4.14. The lowest BCUT2D eigenvalue weighted by atomic mass is 10.1. The number of hydrogen-bond acceptors (Lipinski definition) is 7. The fourth-order valence-electron chi connectivity index (χ4n) is 2.42. The molecule has 1 heterocycles. The Balaban J connectivity index is 0.000000673. The van der Waals surface area contributed by atoms with E-state index in [9.17, 15) is 30.4 Å². The number of alkyl halides is 3. The van der Waals surface area contributed by atoms with Crippen LogP contribution in [0.4, 0.5) is 33.6 Å². The molecule has 0 saturated carbocycles. The molecule has 0 bridgehead atoms. The number of carboxylic acid groups (broad SMARTS) is 1. The fourth-order valence-corrected chi connectivity index (χ4v) is 4.24. The summed E-state index contributed by atoms with van der Waals surface area (Å²) in [6.45, 7) is 0.150. The number of anilines is 2. The monoisotopic (exact) mass is 612 g/mol. The van der Waals surface area contributed by atoms with E-state index in [0.717, 1.165) is 18.2 Å². The zero-order valence-electron chi connectivity index (χ0n) is 19.0. The zero-order chi connectivity index (χ0) is 29.4. The summed E-state index contributed by atoms with van der Waals surface area (Å²) in [5.74, 6) is 0.139. The smallest absolute Gasteiger partial charge is 0.475 e. The number of hydrogen-bond donors (Lipinski definition) is 4. The first kappa shape index (κ1) is 31.5. The van der Waals surface area contributed by atoms with Crippen LogP contribution >= 0.6 is 23.2 Å². The number of carbonyl (C=O) groups is 1. The molecule has 0 fully saturated rings. The van der Waals surface area contributed by atoms with Gasteiger partial charge in [-0.05, 0) is 30.3 Å². The highest BCUT2D eigenvalue weighted by Gasteiger charge is 2.38. The molecule has 4 N–H and O–H groups in total. The van der Waals surface area contributed by atoms with Gasteiger partial charge in [0.1, 0.15) is 10.7 Å². The van der Waals surface area contributed by atoms with Gasteiger partial charge in [-0.25, -0.2) is 32.0 Å². The predicted octanol–water partition coefficient (Wildman–Crippen LogP) is 4.30. The maximum absolute atomic E-state index is 14.9. The highest BCUT2D eigenvalue weighted by atomic mass is 35.5. The number of carboxylic acids is 1. The fraction of sp³-hybridized carbons (Fsp3) is 0.136. The number of aliphatic carboxylic acids is 1. The van der Waals surface area contributed by atoms with Gasteiger partial charge < -0.3 is 15.5 Å². The van der Waals surface area contributed by atoms with Gasteiger partial charge in [0.25, 0.3) is 10.0 Å². The molecule has 1 aromatic heterocycles. The van der Waals surface area contributed by atoms with Gasteiger partial charge in [0.15, 0.2) is 5.82 Å². The molecular weight excluding hydrogens is 598 g/mol. The van der Waals surface area contributed by atoms with E-state index in [-0.39, 0.29) is 39.6 Å². The van der Waals surface area contributed by atoms with Crippen molar-refractivity contribution in [1.82, 2.24) is 9.97 Å². The Morgan fingerprint density at radius 3 is 2.23 bits per heavy atom. The largest absolute Gasteiger partial charge is 0.490 e. The Morgan fingerprint density at radius 1 is 1.05 bits per heavy atom. The van der Waals surface area contributed by atoms with Crippen LogP contribution < -0.4 is 10.0 Å². The summed E-state index contributed by atoms with van der Waals surface area (Å²) in [5, 5.41) is 18.6. The number of nitrogens with one attached hydrogen (secondary N) is 2. The Kier molecular flexibility index (Phi) is 10.8. The molecule has 3 rings (SSSR count). The summed E-state index contributed by atoms with van der Waals surface area (Å²) in [6, 6.07) is 5.59. The third-order valence-corrected chi connectivity index (χ3v) is 6.22. The van der Waals surface area contributed by atoms with E-state index in [1.807, 2.05) is 4.72 Å². The van der Waals surface area contributed by atoms with E-state index in [2.05, 4.69) is 27.1 Å². The van der Waals surface area contributed by atoms with Crippen molar-refractivity contribution in [2.24, 2.45) is 0 Å². The normalized spacial score (nSPS) is 11.0. The van der Waals surface area contributed by atoms with Crippen LogP contribution in [0.1, 0.15) is 11.1 Å². The summed E-state index contributed by atoms with van der Waals surface area (Å²) in [5.41, 5.74) is -0.911. The SMILES string of the molecule is O=C(O)C(F)(F)F.O=S(=O)(Nc1ccc(F)c(C#Cc2cnc(NCCO)nc2)c1F)c1cc(Cl)ccc1Cl. The van der Waals surface area contributed by atoms with Crippen LogP contribution in [0.5, 0.6) is 0 Å². The number of halogens is 7. The van der Waals surface area contributed by atoms with Crippen molar-refractivity contribution in [2.75, 3.05) is 23.2 Å². The predicted molar refractivity (Wildman–Crippen MR) is 131 cm³/mol. The molecule has 2 aromatic carbocycles. The van der Waals surface area contributed by atoms with Gasteiger partial charge in [-0.1, -0.05) is 35.0 Å². The van der Waals surface area contributed by atoms with Crippen LogP contribution in [0.15, 0.2) is 47.6 Å². The van der Waals surface area contributed by atoms with E-state index >= 15 is 0 Å². The summed E-state index contributed by atoms with van der Waals surface area (Å²) in [7, 11) is -4.32. The van der Waals surface area contributed by atoms with Gasteiger partial charge >= 0.3 is 12.1 Å².